The summed E-state index contributed by atoms with van der Waals surface area (Å²) >= 11 is 0. The third-order valence-corrected chi connectivity index (χ3v) is 3.48. The minimum absolute atomic E-state index is 0.239. The Labute approximate surface area is 142 Å². The van der Waals surface area contributed by atoms with E-state index in [1.165, 1.54) is 7.11 Å². The maximum atomic E-state index is 12.3. The van der Waals surface area contributed by atoms with Crippen molar-refractivity contribution >= 4 is 11.6 Å². The lowest BCUT2D eigenvalue weighted by Crippen LogP contribution is -2.32. The predicted molar refractivity (Wildman–Crippen MR) is 94.2 cm³/mol. The van der Waals surface area contributed by atoms with Gasteiger partial charge in [-0.1, -0.05) is 47.6 Å². The number of rotatable bonds is 7. The molecule has 0 atom stereocenters. The quantitative estimate of drug-likeness (QED) is 0.628. The fraction of sp³-hybridized carbons (Fsp3) is 0.263. The number of amides is 1. The first-order chi connectivity index (χ1) is 11.7. The Morgan fingerprint density at radius 3 is 2.54 bits per heavy atom. The molecule has 0 fully saturated rings. The van der Waals surface area contributed by atoms with Crippen LogP contribution in [0.3, 0.4) is 0 Å². The molecule has 2 aromatic rings. The second kappa shape index (κ2) is 8.72. The van der Waals surface area contributed by atoms with E-state index in [2.05, 4.69) is 10.5 Å². The number of ether oxygens (including phenoxy) is 1. The number of nitrogens with zero attached hydrogens (tertiary/aromatic N) is 1. The highest BCUT2D eigenvalue weighted by Crippen LogP contribution is 2.19. The van der Waals surface area contributed by atoms with E-state index in [1.807, 2.05) is 62.4 Å². The lowest BCUT2D eigenvalue weighted by Gasteiger charge is -2.13. The van der Waals surface area contributed by atoms with Gasteiger partial charge in [-0.05, 0) is 31.0 Å². The molecule has 0 aromatic heterocycles. The van der Waals surface area contributed by atoms with E-state index in [1.54, 1.807) is 0 Å². The number of oxime groups is 1. The van der Waals surface area contributed by atoms with Crippen molar-refractivity contribution in [1.82, 2.24) is 5.32 Å². The van der Waals surface area contributed by atoms with Gasteiger partial charge in [-0.15, -0.1) is 0 Å². The Morgan fingerprint density at radius 2 is 1.83 bits per heavy atom. The molecule has 2 aromatic carbocycles. The molecule has 5 nitrogen and oxygen atoms in total. The van der Waals surface area contributed by atoms with Gasteiger partial charge in [-0.25, -0.2) is 0 Å². The van der Waals surface area contributed by atoms with Gasteiger partial charge in [-0.3, -0.25) is 4.79 Å². The first-order valence-electron chi connectivity index (χ1n) is 7.83. The Kier molecular flexibility index (Phi) is 6.37. The van der Waals surface area contributed by atoms with Gasteiger partial charge in [0.05, 0.1) is 0 Å². The largest absolute Gasteiger partial charge is 0.489 e. The van der Waals surface area contributed by atoms with Crippen LogP contribution in [0.2, 0.25) is 0 Å². The van der Waals surface area contributed by atoms with E-state index in [9.17, 15) is 4.79 Å². The number of benzene rings is 2. The number of likely N-dealkylation sites (N-methyl/N-ethyl adjacent to an activating group) is 1. The molecule has 0 radical (unpaired) electrons. The number of nitrogens with one attached hydrogen (secondary N) is 1. The Bertz CT molecular complexity index is 726. The molecule has 0 saturated heterocycles. The van der Waals surface area contributed by atoms with Gasteiger partial charge in [0.1, 0.15) is 19.5 Å². The van der Waals surface area contributed by atoms with Gasteiger partial charge in [0.25, 0.3) is 5.91 Å². The summed E-state index contributed by atoms with van der Waals surface area (Å²) in [5.74, 6) is 0.540. The normalized spacial score (nSPS) is 11.0. The van der Waals surface area contributed by atoms with E-state index < -0.39 is 0 Å². The van der Waals surface area contributed by atoms with Gasteiger partial charge >= 0.3 is 0 Å². The Balaban J connectivity index is 2.27. The molecule has 5 heteroatoms. The summed E-state index contributed by atoms with van der Waals surface area (Å²) in [4.78, 5) is 17.1. The van der Waals surface area contributed by atoms with Crippen LogP contribution in [0.1, 0.15) is 23.6 Å². The van der Waals surface area contributed by atoms with Crippen molar-refractivity contribution in [1.29, 1.82) is 0 Å². The standard InChI is InChI=1S/C19H22N2O3/c1-4-20-19(22)18(21-23-3)16-11-7-6-10-15(16)13-24-17-12-8-5-9-14(17)2/h5-12H,4,13H2,1-3H3,(H,20,22)/b21-18-. The van der Waals surface area contributed by atoms with Crippen molar-refractivity contribution in [2.45, 2.75) is 20.5 Å². The fourth-order valence-corrected chi connectivity index (χ4v) is 2.30. The van der Waals surface area contributed by atoms with Gasteiger partial charge in [-0.2, -0.15) is 0 Å². The van der Waals surface area contributed by atoms with Crippen molar-refractivity contribution in [3.05, 3.63) is 65.2 Å². The zero-order chi connectivity index (χ0) is 17.4. The molecule has 0 spiro atoms. The summed E-state index contributed by atoms with van der Waals surface area (Å²) in [6, 6.07) is 15.3. The predicted octanol–water partition coefficient (Wildman–Crippen LogP) is 3.06. The maximum absolute atomic E-state index is 12.3. The number of para-hydroxylation sites is 1. The van der Waals surface area contributed by atoms with Crippen LogP contribution in [0.15, 0.2) is 53.7 Å². The van der Waals surface area contributed by atoms with Crippen LogP contribution in [0.5, 0.6) is 5.75 Å². The van der Waals surface area contributed by atoms with Gasteiger partial charge in [0.15, 0.2) is 5.71 Å². The van der Waals surface area contributed by atoms with E-state index in [4.69, 9.17) is 9.57 Å². The molecule has 0 aliphatic heterocycles. The highest BCUT2D eigenvalue weighted by Gasteiger charge is 2.18. The Hall–Kier alpha value is -2.82. The Morgan fingerprint density at radius 1 is 1.12 bits per heavy atom. The van der Waals surface area contributed by atoms with Crippen molar-refractivity contribution in [3.8, 4) is 5.75 Å². The van der Waals surface area contributed by atoms with E-state index in [-0.39, 0.29) is 11.6 Å². The molecular formula is C19H22N2O3. The first kappa shape index (κ1) is 17.5. The van der Waals surface area contributed by atoms with Crippen molar-refractivity contribution in [3.63, 3.8) is 0 Å². The average Bonchev–Trinajstić information content (AvgIpc) is 2.59. The first-order valence-corrected chi connectivity index (χ1v) is 7.83. The summed E-state index contributed by atoms with van der Waals surface area (Å²) in [6.45, 7) is 4.70. The second-order valence-corrected chi connectivity index (χ2v) is 5.19. The zero-order valence-corrected chi connectivity index (χ0v) is 14.2. The van der Waals surface area contributed by atoms with E-state index in [0.717, 1.165) is 16.9 Å². The number of aryl methyl sites for hydroxylation is 1. The lowest BCUT2D eigenvalue weighted by molar-refractivity contribution is -0.114. The summed E-state index contributed by atoms with van der Waals surface area (Å²) in [6.07, 6.45) is 0. The van der Waals surface area contributed by atoms with Crippen LogP contribution in [0.25, 0.3) is 0 Å². The van der Waals surface area contributed by atoms with Gasteiger partial charge in [0.2, 0.25) is 0 Å². The van der Waals surface area contributed by atoms with Crippen LogP contribution in [0, 0.1) is 6.92 Å². The smallest absolute Gasteiger partial charge is 0.273 e. The molecule has 0 bridgehead atoms. The van der Waals surface area contributed by atoms with Crippen LogP contribution < -0.4 is 10.1 Å². The second-order valence-electron chi connectivity index (χ2n) is 5.19. The molecule has 126 valence electrons. The molecular weight excluding hydrogens is 304 g/mol. The monoisotopic (exact) mass is 326 g/mol. The minimum atomic E-state index is -0.275. The molecule has 0 saturated carbocycles. The van der Waals surface area contributed by atoms with Crippen LogP contribution in [-0.2, 0) is 16.2 Å². The molecule has 2 rings (SSSR count). The topological polar surface area (TPSA) is 59.9 Å². The molecule has 0 unspecified atom stereocenters. The number of hydrogen-bond acceptors (Lipinski definition) is 4. The van der Waals surface area contributed by atoms with Crippen molar-refractivity contribution in [2.24, 2.45) is 5.16 Å². The van der Waals surface area contributed by atoms with Crippen LogP contribution >= 0.6 is 0 Å². The van der Waals surface area contributed by atoms with Gasteiger partial charge < -0.3 is 14.9 Å². The molecule has 1 amide bonds. The van der Waals surface area contributed by atoms with Crippen molar-refractivity contribution < 1.29 is 14.4 Å². The van der Waals surface area contributed by atoms with E-state index in [0.29, 0.717) is 18.7 Å². The molecule has 1 N–H and O–H groups in total. The van der Waals surface area contributed by atoms with Crippen LogP contribution in [0.4, 0.5) is 0 Å². The molecule has 24 heavy (non-hydrogen) atoms. The van der Waals surface area contributed by atoms with E-state index >= 15 is 0 Å². The third kappa shape index (κ3) is 4.35. The highest BCUT2D eigenvalue weighted by molar-refractivity contribution is 6.45. The summed E-state index contributed by atoms with van der Waals surface area (Å²) in [5.41, 5.74) is 2.86. The third-order valence-electron chi connectivity index (χ3n) is 3.48. The lowest BCUT2D eigenvalue weighted by atomic mass is 10.0. The molecule has 0 aliphatic rings. The summed E-state index contributed by atoms with van der Waals surface area (Å²) in [7, 11) is 1.42. The highest BCUT2D eigenvalue weighted by atomic mass is 16.6. The number of carbonyl (C=O) groups excluding carboxylic acids is 1. The fourth-order valence-electron chi connectivity index (χ4n) is 2.30. The summed E-state index contributed by atoms with van der Waals surface area (Å²) < 4.78 is 5.90. The number of carbonyl (C=O) groups is 1. The zero-order valence-electron chi connectivity index (χ0n) is 14.2. The van der Waals surface area contributed by atoms with Crippen molar-refractivity contribution in [2.75, 3.05) is 13.7 Å². The number of hydrogen-bond donors (Lipinski definition) is 1. The average molecular weight is 326 g/mol. The van der Waals surface area contributed by atoms with Crippen LogP contribution in [-0.4, -0.2) is 25.3 Å². The summed E-state index contributed by atoms with van der Waals surface area (Å²) in [5, 5.41) is 6.64. The molecule has 0 heterocycles. The maximum Gasteiger partial charge on any atom is 0.273 e. The SMILES string of the molecule is CCNC(=O)/C(=N\OC)c1ccccc1COc1ccccc1C. The molecule has 0 aliphatic carbocycles. The van der Waals surface area contributed by atoms with Gasteiger partial charge in [0, 0.05) is 12.1 Å². The minimum Gasteiger partial charge on any atom is -0.489 e.